The van der Waals surface area contributed by atoms with Gasteiger partial charge in [0.2, 0.25) is 0 Å². The second-order valence-corrected chi connectivity index (χ2v) is 17.7. The van der Waals surface area contributed by atoms with E-state index in [4.69, 9.17) is 42.6 Å². The lowest BCUT2D eigenvalue weighted by atomic mass is 9.80. The molecule has 10 rings (SSSR count). The molecule has 298 valence electrons. The topological polar surface area (TPSA) is 124 Å². The molecule has 10 fully saturated rings. The van der Waals surface area contributed by atoms with Crippen molar-refractivity contribution < 1.29 is 52.5 Å². The number of ether oxygens (including phenoxy) is 9. The number of fused-ring (bicyclic) bond motifs is 2. The first-order valence-electron chi connectivity index (χ1n) is 20.7. The predicted molar refractivity (Wildman–Crippen MR) is 194 cm³/mol. The minimum Gasteiger partial charge on any atom is -0.390 e. The van der Waals surface area contributed by atoms with Gasteiger partial charge in [-0.15, -0.1) is 0 Å². The molecule has 0 aromatic rings. The molecule has 11 nitrogen and oxygen atoms in total. The van der Waals surface area contributed by atoms with Gasteiger partial charge >= 0.3 is 0 Å². The summed E-state index contributed by atoms with van der Waals surface area (Å²) in [4.78, 5) is 14.0. The molecule has 0 radical (unpaired) electrons. The molecule has 0 aliphatic carbocycles. The second-order valence-electron chi connectivity index (χ2n) is 17.7. The van der Waals surface area contributed by atoms with Gasteiger partial charge in [-0.25, -0.2) is 0 Å². The van der Waals surface area contributed by atoms with E-state index in [9.17, 15) is 9.90 Å². The SMILES string of the molecule is C=C1C[C@@H]2CC[C@@H]3C[C@@H](O)[C@H](O3)C3O[C@H]4CC[C@H](CC(=O)C[C@@H]5[C@@H](OC)[C@@H](C[C@H]6CO6)O[C@H]5C[C@H]5O[C@@H](CC[C@@H]1O2)C[C@@H](C)C5=C)O[C@@H]4[C@H](OC)[C@@H]3C. The van der Waals surface area contributed by atoms with Gasteiger partial charge in [0.25, 0.3) is 0 Å². The van der Waals surface area contributed by atoms with Crippen molar-refractivity contribution >= 4 is 5.78 Å². The number of carbonyl (C=O) groups is 1. The van der Waals surface area contributed by atoms with Crippen molar-refractivity contribution in [2.24, 2.45) is 17.8 Å². The summed E-state index contributed by atoms with van der Waals surface area (Å²) in [5.74, 6) is 0.273. The molecule has 11 heteroatoms. The average molecular weight is 745 g/mol. The highest BCUT2D eigenvalue weighted by atomic mass is 16.6. The van der Waals surface area contributed by atoms with Crippen molar-refractivity contribution in [1.29, 1.82) is 0 Å². The maximum absolute atomic E-state index is 14.0. The molecule has 10 saturated heterocycles. The highest BCUT2D eigenvalue weighted by Crippen LogP contribution is 2.44. The van der Waals surface area contributed by atoms with Gasteiger partial charge in [0.05, 0.1) is 92.1 Å². The normalized spacial score (nSPS) is 50.9. The Morgan fingerprint density at radius 3 is 2.15 bits per heavy atom. The van der Waals surface area contributed by atoms with Gasteiger partial charge in [-0.3, -0.25) is 4.79 Å². The number of carbonyl (C=O) groups excluding carboxylic acids is 1. The van der Waals surface area contributed by atoms with Crippen LogP contribution in [0.3, 0.4) is 0 Å². The molecule has 0 aromatic carbocycles. The van der Waals surface area contributed by atoms with Gasteiger partial charge in [0.15, 0.2) is 0 Å². The fraction of sp³-hybridized carbons (Fsp3) is 0.881. The first-order valence-corrected chi connectivity index (χ1v) is 20.7. The van der Waals surface area contributed by atoms with Crippen LogP contribution in [0.15, 0.2) is 24.3 Å². The minimum absolute atomic E-state index is 0.00841. The lowest BCUT2D eigenvalue weighted by Gasteiger charge is -2.50. The highest BCUT2D eigenvalue weighted by Gasteiger charge is 2.54. The summed E-state index contributed by atoms with van der Waals surface area (Å²) in [6.07, 6.45) is 6.52. The molecule has 0 amide bonds. The molecule has 19 atom stereocenters. The van der Waals surface area contributed by atoms with Crippen molar-refractivity contribution in [2.45, 2.75) is 195 Å². The fourth-order valence-corrected chi connectivity index (χ4v) is 11.0. The maximum atomic E-state index is 14.0. The number of Topliss-reactive ketones (excluding diaryl/α,β-unsaturated/α-hetero) is 1. The smallest absolute Gasteiger partial charge is 0.135 e. The zero-order valence-electron chi connectivity index (χ0n) is 32.3. The van der Waals surface area contributed by atoms with Crippen LogP contribution in [-0.4, -0.2) is 129 Å². The summed E-state index contributed by atoms with van der Waals surface area (Å²) in [6, 6.07) is 0. The maximum Gasteiger partial charge on any atom is 0.135 e. The van der Waals surface area contributed by atoms with Gasteiger partial charge in [-0.1, -0.05) is 27.0 Å². The molecule has 0 spiro atoms. The van der Waals surface area contributed by atoms with E-state index < -0.39 is 12.2 Å². The van der Waals surface area contributed by atoms with E-state index >= 15 is 0 Å². The Kier molecular flexibility index (Phi) is 11.9. The number of aliphatic hydroxyl groups is 1. The molecule has 0 saturated carbocycles. The Balaban J connectivity index is 1.03. The second kappa shape index (κ2) is 16.3. The molecule has 10 heterocycles. The third-order valence-corrected chi connectivity index (χ3v) is 14.0. The summed E-state index contributed by atoms with van der Waals surface area (Å²) in [5, 5.41) is 11.3. The van der Waals surface area contributed by atoms with Crippen molar-refractivity contribution in [1.82, 2.24) is 0 Å². The number of ketones is 1. The number of methoxy groups -OCH3 is 2. The van der Waals surface area contributed by atoms with E-state index in [0.717, 1.165) is 69.1 Å². The van der Waals surface area contributed by atoms with Crippen LogP contribution in [0.2, 0.25) is 0 Å². The van der Waals surface area contributed by atoms with Crippen molar-refractivity contribution in [3.05, 3.63) is 24.3 Å². The van der Waals surface area contributed by atoms with E-state index in [-0.39, 0.29) is 103 Å². The molecule has 10 bridgehead atoms. The molecule has 0 aromatic heterocycles. The largest absolute Gasteiger partial charge is 0.390 e. The minimum atomic E-state index is -0.615. The Hall–Kier alpha value is -1.25. The Morgan fingerprint density at radius 2 is 1.38 bits per heavy atom. The van der Waals surface area contributed by atoms with Crippen molar-refractivity contribution in [2.75, 3.05) is 20.8 Å². The van der Waals surface area contributed by atoms with Gasteiger partial charge in [-0.05, 0) is 68.4 Å². The highest BCUT2D eigenvalue weighted by molar-refractivity contribution is 5.79. The van der Waals surface area contributed by atoms with Crippen LogP contribution in [0, 0.1) is 17.8 Å². The van der Waals surface area contributed by atoms with Crippen molar-refractivity contribution in [3.8, 4) is 0 Å². The van der Waals surface area contributed by atoms with E-state index in [1.807, 2.05) is 0 Å². The third kappa shape index (κ3) is 8.27. The van der Waals surface area contributed by atoms with Gasteiger partial charge in [0, 0.05) is 58.2 Å². The quantitative estimate of drug-likeness (QED) is 0.308. The molecular weight excluding hydrogens is 680 g/mol. The summed E-state index contributed by atoms with van der Waals surface area (Å²) in [6.45, 7) is 14.0. The molecule has 1 N–H and O–H groups in total. The molecule has 10 aliphatic heterocycles. The summed E-state index contributed by atoms with van der Waals surface area (Å²) < 4.78 is 58.0. The van der Waals surface area contributed by atoms with Crippen LogP contribution in [0.5, 0.6) is 0 Å². The zero-order chi connectivity index (χ0) is 37.0. The number of aliphatic hydroxyl groups excluding tert-OH is 1. The van der Waals surface area contributed by atoms with Crippen LogP contribution < -0.4 is 0 Å². The lowest BCUT2D eigenvalue weighted by Crippen LogP contribution is -2.61. The Bertz CT molecular complexity index is 1320. The number of epoxide rings is 1. The Morgan fingerprint density at radius 1 is 0.698 bits per heavy atom. The van der Waals surface area contributed by atoms with Crippen LogP contribution in [-0.2, 0) is 47.4 Å². The van der Waals surface area contributed by atoms with E-state index in [1.165, 1.54) is 0 Å². The molecule has 10 aliphatic rings. The number of hydrogen-bond donors (Lipinski definition) is 1. The monoisotopic (exact) mass is 744 g/mol. The predicted octanol–water partition coefficient (Wildman–Crippen LogP) is 5.04. The van der Waals surface area contributed by atoms with Crippen LogP contribution in [0.4, 0.5) is 0 Å². The van der Waals surface area contributed by atoms with E-state index in [1.54, 1.807) is 14.2 Å². The van der Waals surface area contributed by atoms with E-state index in [0.29, 0.717) is 38.0 Å². The molecule has 53 heavy (non-hydrogen) atoms. The van der Waals surface area contributed by atoms with Gasteiger partial charge in [0.1, 0.15) is 18.0 Å². The van der Waals surface area contributed by atoms with E-state index in [2.05, 4.69) is 27.0 Å². The number of rotatable bonds is 4. The molecular formula is C42H64O11. The zero-order valence-corrected chi connectivity index (χ0v) is 32.3. The van der Waals surface area contributed by atoms with Crippen LogP contribution in [0.1, 0.15) is 97.3 Å². The summed E-state index contributed by atoms with van der Waals surface area (Å²) >= 11 is 0. The van der Waals surface area contributed by atoms with Crippen LogP contribution >= 0.6 is 0 Å². The molecule has 1 unspecified atom stereocenters. The van der Waals surface area contributed by atoms with Crippen LogP contribution in [0.25, 0.3) is 0 Å². The van der Waals surface area contributed by atoms with Gasteiger partial charge in [-0.2, -0.15) is 0 Å². The lowest BCUT2D eigenvalue weighted by molar-refractivity contribution is -0.272. The first kappa shape index (κ1) is 38.6. The third-order valence-electron chi connectivity index (χ3n) is 14.0. The fourth-order valence-electron chi connectivity index (χ4n) is 11.0. The Labute approximate surface area is 315 Å². The van der Waals surface area contributed by atoms with Gasteiger partial charge < -0.3 is 47.7 Å². The average Bonchev–Trinajstić information content (AvgIpc) is 3.64. The number of hydrogen-bond acceptors (Lipinski definition) is 11. The first-order chi connectivity index (χ1) is 25.6. The standard InChI is InChI=1S/C42H64O11/c1-21-13-27-9-11-33-22(2)14-26(48-33)7-8-29-17-32(44)41(50-29)39-24(4)38(45-5)42-34(53-39)12-10-28(51-42)15-25(43)16-31-36(19-35(49-27)23(21)3)52-37(40(31)46-6)18-30-20-47-30/h21,24,26-42,44H,2-3,7-20H2,1,4-6H3/t21-,24+,26+,27+,28-,29-,30+,31+,32-,33+,34+,35-,36+,37-,38-,39?,40-,41+,42+/m1/s1. The van der Waals surface area contributed by atoms with Crippen molar-refractivity contribution in [3.63, 3.8) is 0 Å². The summed E-state index contributed by atoms with van der Waals surface area (Å²) in [7, 11) is 3.45. The summed E-state index contributed by atoms with van der Waals surface area (Å²) in [5.41, 5.74) is 2.25.